The van der Waals surface area contributed by atoms with E-state index < -0.39 is 0 Å². The van der Waals surface area contributed by atoms with Gasteiger partial charge in [0.2, 0.25) is 0 Å². The van der Waals surface area contributed by atoms with E-state index in [-0.39, 0.29) is 11.9 Å². The molecule has 0 N–H and O–H groups in total. The number of esters is 1. The summed E-state index contributed by atoms with van der Waals surface area (Å²) in [5.74, 6) is 1.74. The number of hydrogen-bond donors (Lipinski definition) is 0. The van der Waals surface area contributed by atoms with Gasteiger partial charge in [-0.1, -0.05) is 26.0 Å². The van der Waals surface area contributed by atoms with E-state index in [0.717, 1.165) is 6.42 Å². The second kappa shape index (κ2) is 3.76. The van der Waals surface area contributed by atoms with Gasteiger partial charge < -0.3 is 4.74 Å². The highest BCUT2D eigenvalue weighted by Crippen LogP contribution is 2.43. The van der Waals surface area contributed by atoms with Crippen molar-refractivity contribution in [2.45, 2.75) is 26.7 Å². The molecular weight excluding hydrogens is 176 g/mol. The number of carbonyl (C=O) groups is 1. The van der Waals surface area contributed by atoms with Crippen LogP contribution in [0.4, 0.5) is 0 Å². The van der Waals surface area contributed by atoms with Gasteiger partial charge in [-0.25, -0.2) is 0 Å². The molecule has 1 fully saturated rings. The molecule has 2 heteroatoms. The fraction of sp³-hybridized carbons (Fsp3) is 0.750. The molecular formula is C12H18O2. The van der Waals surface area contributed by atoms with Crippen LogP contribution in [0.3, 0.4) is 0 Å². The third-order valence-corrected chi connectivity index (χ3v) is 3.14. The SMILES string of the molecule is CC(C)COC(=O)[C@@H]1C[C@H]2C=C[C@@H]1C2. The summed E-state index contributed by atoms with van der Waals surface area (Å²) in [6.07, 6.45) is 6.62. The maximum absolute atomic E-state index is 11.7. The molecule has 0 heterocycles. The van der Waals surface area contributed by atoms with Gasteiger partial charge in [-0.2, -0.15) is 0 Å². The quantitative estimate of drug-likeness (QED) is 0.509. The minimum absolute atomic E-state index is 0.0237. The molecule has 2 aliphatic carbocycles. The molecule has 14 heavy (non-hydrogen) atoms. The topological polar surface area (TPSA) is 26.3 Å². The van der Waals surface area contributed by atoms with Gasteiger partial charge in [0.1, 0.15) is 0 Å². The first-order valence-corrected chi connectivity index (χ1v) is 5.51. The van der Waals surface area contributed by atoms with E-state index in [0.29, 0.717) is 24.4 Å². The average molecular weight is 194 g/mol. The van der Waals surface area contributed by atoms with Crippen molar-refractivity contribution < 1.29 is 9.53 Å². The van der Waals surface area contributed by atoms with Crippen LogP contribution >= 0.6 is 0 Å². The molecule has 0 spiro atoms. The Kier molecular flexibility index (Phi) is 2.62. The second-order valence-electron chi connectivity index (χ2n) is 4.91. The minimum Gasteiger partial charge on any atom is -0.465 e. The normalized spacial score (nSPS) is 34.1. The summed E-state index contributed by atoms with van der Waals surface area (Å²) in [6, 6.07) is 0. The van der Waals surface area contributed by atoms with Gasteiger partial charge in [0, 0.05) is 0 Å². The summed E-state index contributed by atoms with van der Waals surface area (Å²) in [4.78, 5) is 11.7. The molecule has 1 saturated carbocycles. The predicted molar refractivity (Wildman–Crippen MR) is 54.6 cm³/mol. The lowest BCUT2D eigenvalue weighted by molar-refractivity contribution is -0.150. The van der Waals surface area contributed by atoms with Gasteiger partial charge in [-0.15, -0.1) is 0 Å². The number of allylic oxidation sites excluding steroid dienone is 2. The predicted octanol–water partition coefficient (Wildman–Crippen LogP) is 2.40. The molecule has 0 aromatic rings. The summed E-state index contributed by atoms with van der Waals surface area (Å²) in [5.41, 5.74) is 0. The Morgan fingerprint density at radius 3 is 2.71 bits per heavy atom. The molecule has 0 aromatic carbocycles. The summed E-state index contributed by atoms with van der Waals surface area (Å²) >= 11 is 0. The largest absolute Gasteiger partial charge is 0.465 e. The minimum atomic E-state index is 0.0237. The molecule has 0 amide bonds. The van der Waals surface area contributed by atoms with Crippen molar-refractivity contribution in [1.82, 2.24) is 0 Å². The maximum Gasteiger partial charge on any atom is 0.309 e. The Labute approximate surface area is 85.3 Å². The lowest BCUT2D eigenvalue weighted by atomic mass is 9.94. The standard InChI is InChI=1S/C12H18O2/c1-8(2)7-14-12(13)11-6-9-3-4-10(11)5-9/h3-4,8-11H,5-7H2,1-2H3/t9-,10+,11+/m0/s1. The molecule has 0 saturated heterocycles. The maximum atomic E-state index is 11.7. The fourth-order valence-corrected chi connectivity index (χ4v) is 2.41. The molecule has 2 bridgehead atoms. The average Bonchev–Trinajstić information content (AvgIpc) is 2.74. The van der Waals surface area contributed by atoms with Gasteiger partial charge >= 0.3 is 5.97 Å². The Morgan fingerprint density at radius 1 is 1.43 bits per heavy atom. The first-order valence-electron chi connectivity index (χ1n) is 5.51. The third kappa shape index (κ3) is 1.84. The molecule has 2 rings (SSSR count). The Bertz CT molecular complexity index is 255. The van der Waals surface area contributed by atoms with E-state index in [1.165, 1.54) is 6.42 Å². The molecule has 3 atom stereocenters. The highest BCUT2D eigenvalue weighted by molar-refractivity contribution is 5.74. The van der Waals surface area contributed by atoms with Gasteiger partial charge in [0.25, 0.3) is 0 Å². The highest BCUT2D eigenvalue weighted by atomic mass is 16.5. The van der Waals surface area contributed by atoms with Crippen LogP contribution in [0, 0.1) is 23.7 Å². The summed E-state index contributed by atoms with van der Waals surface area (Å²) in [5, 5.41) is 0. The number of fused-ring (bicyclic) bond motifs is 2. The van der Waals surface area contributed by atoms with Crippen LogP contribution in [0.1, 0.15) is 26.7 Å². The van der Waals surface area contributed by atoms with Gasteiger partial charge in [0.15, 0.2) is 0 Å². The highest BCUT2D eigenvalue weighted by Gasteiger charge is 2.40. The van der Waals surface area contributed by atoms with E-state index in [1.807, 2.05) is 0 Å². The first-order chi connectivity index (χ1) is 6.66. The van der Waals surface area contributed by atoms with E-state index in [2.05, 4.69) is 26.0 Å². The lowest BCUT2D eigenvalue weighted by Crippen LogP contribution is -2.23. The van der Waals surface area contributed by atoms with Crippen LogP contribution in [-0.4, -0.2) is 12.6 Å². The van der Waals surface area contributed by atoms with Crippen molar-refractivity contribution in [3.63, 3.8) is 0 Å². The van der Waals surface area contributed by atoms with Crippen molar-refractivity contribution in [2.24, 2.45) is 23.7 Å². The first kappa shape index (κ1) is 9.75. The van der Waals surface area contributed by atoms with Crippen molar-refractivity contribution in [2.75, 3.05) is 6.61 Å². The van der Waals surface area contributed by atoms with Gasteiger partial charge in [-0.05, 0) is 30.6 Å². The summed E-state index contributed by atoms with van der Waals surface area (Å²) in [6.45, 7) is 4.69. The Balaban J connectivity index is 1.84. The second-order valence-corrected chi connectivity index (χ2v) is 4.91. The van der Waals surface area contributed by atoms with Crippen molar-refractivity contribution in [3.8, 4) is 0 Å². The van der Waals surface area contributed by atoms with Crippen molar-refractivity contribution >= 4 is 5.97 Å². The number of carbonyl (C=O) groups excluding carboxylic acids is 1. The Hall–Kier alpha value is -0.790. The number of hydrogen-bond acceptors (Lipinski definition) is 2. The zero-order chi connectivity index (χ0) is 10.1. The monoisotopic (exact) mass is 194 g/mol. The van der Waals surface area contributed by atoms with E-state index in [9.17, 15) is 4.79 Å². The lowest BCUT2D eigenvalue weighted by Gasteiger charge is -2.17. The molecule has 0 aliphatic heterocycles. The fourth-order valence-electron chi connectivity index (χ4n) is 2.41. The van der Waals surface area contributed by atoms with E-state index in [4.69, 9.17) is 4.74 Å². The van der Waals surface area contributed by atoms with Crippen LogP contribution in [0.5, 0.6) is 0 Å². The van der Waals surface area contributed by atoms with Gasteiger partial charge in [0.05, 0.1) is 12.5 Å². The van der Waals surface area contributed by atoms with Crippen molar-refractivity contribution in [3.05, 3.63) is 12.2 Å². The third-order valence-electron chi connectivity index (χ3n) is 3.14. The van der Waals surface area contributed by atoms with Gasteiger partial charge in [-0.3, -0.25) is 4.79 Å². The summed E-state index contributed by atoms with van der Waals surface area (Å²) < 4.78 is 5.27. The van der Waals surface area contributed by atoms with Crippen LogP contribution in [0.2, 0.25) is 0 Å². The number of ether oxygens (including phenoxy) is 1. The van der Waals surface area contributed by atoms with Crippen LogP contribution < -0.4 is 0 Å². The molecule has 0 aromatic heterocycles. The number of rotatable bonds is 3. The van der Waals surface area contributed by atoms with E-state index in [1.54, 1.807) is 0 Å². The Morgan fingerprint density at radius 2 is 2.21 bits per heavy atom. The summed E-state index contributed by atoms with van der Waals surface area (Å²) in [7, 11) is 0. The van der Waals surface area contributed by atoms with Crippen LogP contribution in [0.25, 0.3) is 0 Å². The molecule has 78 valence electrons. The van der Waals surface area contributed by atoms with Crippen LogP contribution in [0.15, 0.2) is 12.2 Å². The molecule has 0 radical (unpaired) electrons. The molecule has 2 nitrogen and oxygen atoms in total. The van der Waals surface area contributed by atoms with E-state index >= 15 is 0 Å². The molecule has 2 aliphatic rings. The smallest absolute Gasteiger partial charge is 0.309 e. The van der Waals surface area contributed by atoms with Crippen LogP contribution in [-0.2, 0) is 9.53 Å². The van der Waals surface area contributed by atoms with Crippen molar-refractivity contribution in [1.29, 1.82) is 0 Å². The zero-order valence-electron chi connectivity index (χ0n) is 8.90. The zero-order valence-corrected chi connectivity index (χ0v) is 8.90. The molecule has 0 unspecified atom stereocenters.